The Morgan fingerprint density at radius 3 is 2.79 bits per heavy atom. The summed E-state index contributed by atoms with van der Waals surface area (Å²) >= 11 is 1.65. The highest BCUT2D eigenvalue weighted by molar-refractivity contribution is 7.09. The molecule has 106 valence electrons. The van der Waals surface area contributed by atoms with Gasteiger partial charge in [0.1, 0.15) is 0 Å². The van der Waals surface area contributed by atoms with Crippen molar-refractivity contribution in [2.24, 2.45) is 4.99 Å². The highest BCUT2D eigenvalue weighted by Crippen LogP contribution is 2.07. The number of rotatable bonds is 6. The molecule has 0 saturated heterocycles. The van der Waals surface area contributed by atoms with Gasteiger partial charge < -0.3 is 15.4 Å². The molecule has 1 aromatic rings. The van der Waals surface area contributed by atoms with Gasteiger partial charge in [0.25, 0.3) is 0 Å². The monoisotopic (exact) mass is 284 g/mol. The minimum absolute atomic E-state index is 0.235. The van der Waals surface area contributed by atoms with Gasteiger partial charge in [0, 0.05) is 31.9 Å². The van der Waals surface area contributed by atoms with Crippen LogP contribution in [0, 0.1) is 6.92 Å². The maximum absolute atomic E-state index is 11.0. The molecule has 19 heavy (non-hydrogen) atoms. The fourth-order valence-corrected chi connectivity index (χ4v) is 2.08. The average molecular weight is 284 g/mol. The molecule has 0 unspecified atom stereocenters. The first kappa shape index (κ1) is 15.4. The van der Waals surface area contributed by atoms with Crippen molar-refractivity contribution in [3.8, 4) is 0 Å². The molecule has 1 aromatic heterocycles. The normalized spacial score (nSPS) is 11.2. The number of nitrogens with one attached hydrogen (secondary N) is 2. The quantitative estimate of drug-likeness (QED) is 0.457. The van der Waals surface area contributed by atoms with Gasteiger partial charge in [-0.2, -0.15) is 0 Å². The van der Waals surface area contributed by atoms with Crippen LogP contribution in [-0.2, 0) is 16.0 Å². The van der Waals surface area contributed by atoms with E-state index in [2.05, 4.69) is 30.7 Å². The first-order valence-electron chi connectivity index (χ1n) is 6.08. The van der Waals surface area contributed by atoms with E-state index in [1.807, 2.05) is 6.92 Å². The molecule has 1 heterocycles. The minimum atomic E-state index is -0.235. The summed E-state index contributed by atoms with van der Waals surface area (Å²) in [6, 6.07) is 0. The zero-order valence-corrected chi connectivity index (χ0v) is 12.3. The first-order valence-corrected chi connectivity index (χ1v) is 6.96. The van der Waals surface area contributed by atoms with E-state index >= 15 is 0 Å². The molecule has 0 atom stereocenters. The molecule has 1 rings (SSSR count). The van der Waals surface area contributed by atoms with Crippen LogP contribution in [0.2, 0.25) is 0 Å². The lowest BCUT2D eigenvalue weighted by atomic mass is 10.3. The third-order valence-corrected chi connectivity index (χ3v) is 3.24. The van der Waals surface area contributed by atoms with Crippen molar-refractivity contribution >= 4 is 23.3 Å². The number of aliphatic imine (C=N–C) groups is 1. The van der Waals surface area contributed by atoms with E-state index in [0.29, 0.717) is 18.9 Å². The number of nitrogens with zero attached hydrogens (tertiary/aromatic N) is 2. The molecule has 0 fully saturated rings. The highest BCUT2D eigenvalue weighted by atomic mass is 32.1. The molecular formula is C12H20N4O2S. The summed E-state index contributed by atoms with van der Waals surface area (Å²) in [5, 5.41) is 9.36. The van der Waals surface area contributed by atoms with E-state index in [1.54, 1.807) is 18.4 Å². The molecule has 0 spiro atoms. The molecule has 0 amide bonds. The third kappa shape index (κ3) is 6.19. The number of hydrogen-bond acceptors (Lipinski definition) is 5. The van der Waals surface area contributed by atoms with Crippen molar-refractivity contribution in [2.75, 3.05) is 27.2 Å². The molecule has 0 radical (unpaired) electrons. The Bertz CT molecular complexity index is 431. The van der Waals surface area contributed by atoms with Gasteiger partial charge in [0.05, 0.1) is 24.2 Å². The van der Waals surface area contributed by atoms with Gasteiger partial charge in [-0.15, -0.1) is 11.3 Å². The SMILES string of the molecule is CN=C(NCCC(=O)OC)NCCc1csc(C)n1. The number of esters is 1. The number of aryl methyl sites for hydroxylation is 1. The Morgan fingerprint density at radius 1 is 1.47 bits per heavy atom. The summed E-state index contributed by atoms with van der Waals surface area (Å²) in [5.74, 6) is 0.441. The molecule has 7 heteroatoms. The van der Waals surface area contributed by atoms with Crippen LogP contribution in [0.1, 0.15) is 17.1 Å². The Hall–Kier alpha value is -1.63. The molecule has 0 bridgehead atoms. The second-order valence-electron chi connectivity index (χ2n) is 3.86. The second kappa shape index (κ2) is 8.47. The molecule has 2 N–H and O–H groups in total. The Labute approximate surface area is 117 Å². The van der Waals surface area contributed by atoms with Crippen molar-refractivity contribution in [3.05, 3.63) is 16.1 Å². The van der Waals surface area contributed by atoms with Crippen molar-refractivity contribution in [1.29, 1.82) is 0 Å². The molecule has 0 aliphatic carbocycles. The number of hydrogen-bond donors (Lipinski definition) is 2. The summed E-state index contributed by atoms with van der Waals surface area (Å²) in [4.78, 5) is 19.4. The predicted molar refractivity (Wildman–Crippen MR) is 76.6 cm³/mol. The zero-order chi connectivity index (χ0) is 14.1. The number of methoxy groups -OCH3 is 1. The van der Waals surface area contributed by atoms with Gasteiger partial charge in [0.15, 0.2) is 5.96 Å². The van der Waals surface area contributed by atoms with E-state index in [9.17, 15) is 4.79 Å². The van der Waals surface area contributed by atoms with Gasteiger partial charge in [0.2, 0.25) is 0 Å². The van der Waals surface area contributed by atoms with E-state index in [0.717, 1.165) is 23.7 Å². The van der Waals surface area contributed by atoms with Crippen molar-refractivity contribution in [3.63, 3.8) is 0 Å². The topological polar surface area (TPSA) is 75.6 Å². The van der Waals surface area contributed by atoms with Crippen LogP contribution in [0.15, 0.2) is 10.4 Å². The summed E-state index contributed by atoms with van der Waals surface area (Å²) in [7, 11) is 3.08. The van der Waals surface area contributed by atoms with E-state index in [-0.39, 0.29) is 5.97 Å². The molecule has 0 aliphatic rings. The second-order valence-corrected chi connectivity index (χ2v) is 4.92. The average Bonchev–Trinajstić information content (AvgIpc) is 2.82. The number of ether oxygens (including phenoxy) is 1. The lowest BCUT2D eigenvalue weighted by molar-refractivity contribution is -0.140. The summed E-state index contributed by atoms with van der Waals surface area (Å²) in [6.45, 7) is 3.25. The number of aromatic nitrogens is 1. The summed E-state index contributed by atoms with van der Waals surface area (Å²) < 4.78 is 4.56. The maximum Gasteiger partial charge on any atom is 0.307 e. The molecule has 0 saturated carbocycles. The van der Waals surface area contributed by atoms with Gasteiger partial charge in [-0.3, -0.25) is 9.79 Å². The lowest BCUT2D eigenvalue weighted by Crippen LogP contribution is -2.39. The molecule has 0 aliphatic heterocycles. The van der Waals surface area contributed by atoms with Crippen LogP contribution in [0.4, 0.5) is 0 Å². The zero-order valence-electron chi connectivity index (χ0n) is 11.5. The van der Waals surface area contributed by atoms with Gasteiger partial charge >= 0.3 is 5.97 Å². The fourth-order valence-electron chi connectivity index (χ4n) is 1.44. The van der Waals surface area contributed by atoms with Crippen molar-refractivity contribution in [2.45, 2.75) is 19.8 Å². The number of thiazole rings is 1. The lowest BCUT2D eigenvalue weighted by Gasteiger charge is -2.10. The van der Waals surface area contributed by atoms with Gasteiger partial charge in [-0.1, -0.05) is 0 Å². The van der Waals surface area contributed by atoms with Crippen LogP contribution >= 0.6 is 11.3 Å². The van der Waals surface area contributed by atoms with Crippen LogP contribution in [0.25, 0.3) is 0 Å². The fraction of sp³-hybridized carbons (Fsp3) is 0.583. The number of carbonyl (C=O) groups excluding carboxylic acids is 1. The molecular weight excluding hydrogens is 264 g/mol. The Balaban J connectivity index is 2.20. The maximum atomic E-state index is 11.0. The largest absolute Gasteiger partial charge is 0.469 e. The predicted octanol–water partition coefficient (Wildman–Crippen LogP) is 0.722. The van der Waals surface area contributed by atoms with E-state index < -0.39 is 0 Å². The summed E-state index contributed by atoms with van der Waals surface area (Å²) in [6.07, 6.45) is 1.17. The van der Waals surface area contributed by atoms with E-state index in [1.165, 1.54) is 7.11 Å². The Kier molecular flexibility index (Phi) is 6.88. The van der Waals surface area contributed by atoms with Gasteiger partial charge in [-0.05, 0) is 6.92 Å². The van der Waals surface area contributed by atoms with Crippen LogP contribution in [0.3, 0.4) is 0 Å². The Morgan fingerprint density at radius 2 is 2.21 bits per heavy atom. The smallest absolute Gasteiger partial charge is 0.307 e. The van der Waals surface area contributed by atoms with Crippen molar-refractivity contribution in [1.82, 2.24) is 15.6 Å². The number of carbonyl (C=O) groups is 1. The van der Waals surface area contributed by atoms with Gasteiger partial charge in [-0.25, -0.2) is 4.98 Å². The highest BCUT2D eigenvalue weighted by Gasteiger charge is 2.02. The third-order valence-electron chi connectivity index (χ3n) is 2.41. The number of guanidine groups is 1. The van der Waals surface area contributed by atoms with Crippen molar-refractivity contribution < 1.29 is 9.53 Å². The molecule has 6 nitrogen and oxygen atoms in total. The minimum Gasteiger partial charge on any atom is -0.469 e. The molecule has 0 aromatic carbocycles. The standard InChI is InChI=1S/C12H20N4O2S/c1-9-16-10(8-19-9)4-6-14-12(13-2)15-7-5-11(17)18-3/h8H,4-7H2,1-3H3,(H2,13,14,15). The van der Waals surface area contributed by atoms with E-state index in [4.69, 9.17) is 0 Å². The van der Waals surface area contributed by atoms with Crippen LogP contribution < -0.4 is 10.6 Å². The van der Waals surface area contributed by atoms with Crippen LogP contribution in [-0.4, -0.2) is 44.2 Å². The first-order chi connectivity index (χ1) is 9.15. The van der Waals surface area contributed by atoms with Crippen LogP contribution in [0.5, 0.6) is 0 Å². The summed E-state index contributed by atoms with van der Waals surface area (Å²) in [5.41, 5.74) is 1.08.